The average molecular weight is 215 g/mol. The summed E-state index contributed by atoms with van der Waals surface area (Å²) in [5.41, 5.74) is 0.467. The molecule has 0 saturated carbocycles. The van der Waals surface area contributed by atoms with Gasteiger partial charge in [0.2, 0.25) is 0 Å². The molecule has 2 N–H and O–H groups in total. The second-order valence-corrected chi connectivity index (χ2v) is 3.52. The van der Waals surface area contributed by atoms with Crippen molar-refractivity contribution in [3.63, 3.8) is 0 Å². The molecular formula is C10H11F2NO2. The first-order chi connectivity index (χ1) is 7.16. The Hall–Kier alpha value is -1.20. The zero-order valence-corrected chi connectivity index (χ0v) is 7.96. The van der Waals surface area contributed by atoms with Crippen molar-refractivity contribution in [2.45, 2.75) is 12.6 Å². The van der Waals surface area contributed by atoms with Crippen LogP contribution in [0, 0.1) is 11.6 Å². The average Bonchev–Trinajstić information content (AvgIpc) is 2.11. The molecule has 0 bridgehead atoms. The van der Waals surface area contributed by atoms with Crippen LogP contribution in [-0.4, -0.2) is 24.4 Å². The molecule has 1 aliphatic rings. The van der Waals surface area contributed by atoms with Crippen LogP contribution in [0.1, 0.15) is 5.56 Å². The highest BCUT2D eigenvalue weighted by molar-refractivity contribution is 5.29. The van der Waals surface area contributed by atoms with Gasteiger partial charge in [0.25, 0.3) is 0 Å². The van der Waals surface area contributed by atoms with Gasteiger partial charge in [-0.3, -0.25) is 0 Å². The quantitative estimate of drug-likeness (QED) is 0.795. The second-order valence-electron chi connectivity index (χ2n) is 3.52. The minimum absolute atomic E-state index is 0.255. The summed E-state index contributed by atoms with van der Waals surface area (Å²) >= 11 is 0. The molecule has 0 amide bonds. The topological polar surface area (TPSA) is 41.5 Å². The van der Waals surface area contributed by atoms with Gasteiger partial charge in [-0.05, 0) is 17.7 Å². The summed E-state index contributed by atoms with van der Waals surface area (Å²) < 4.78 is 30.8. The number of aromatic hydroxyl groups is 1. The molecule has 0 spiro atoms. The smallest absolute Gasteiger partial charge is 0.187 e. The molecule has 0 atom stereocenters. The van der Waals surface area contributed by atoms with E-state index in [4.69, 9.17) is 9.84 Å². The zero-order valence-electron chi connectivity index (χ0n) is 7.96. The monoisotopic (exact) mass is 215 g/mol. The van der Waals surface area contributed by atoms with Crippen LogP contribution in [0.2, 0.25) is 0 Å². The molecule has 3 nitrogen and oxygen atoms in total. The Morgan fingerprint density at radius 2 is 1.93 bits per heavy atom. The standard InChI is InChI=1S/C10H11F2NO2/c11-8-1-6(2-9(12)10(8)14)3-13-7-4-15-5-7/h1-2,7,13-14H,3-5H2. The Kier molecular flexibility index (Phi) is 2.83. The van der Waals surface area contributed by atoms with E-state index >= 15 is 0 Å². The van der Waals surface area contributed by atoms with Gasteiger partial charge in [0.1, 0.15) is 0 Å². The summed E-state index contributed by atoms with van der Waals surface area (Å²) in [5, 5.41) is 11.9. The van der Waals surface area contributed by atoms with Crippen molar-refractivity contribution in [1.82, 2.24) is 5.32 Å². The number of halogens is 2. The number of hydrogen-bond donors (Lipinski definition) is 2. The van der Waals surface area contributed by atoms with Crippen LogP contribution in [0.15, 0.2) is 12.1 Å². The number of hydrogen-bond acceptors (Lipinski definition) is 3. The first-order valence-corrected chi connectivity index (χ1v) is 4.65. The Balaban J connectivity index is 2.01. The lowest BCUT2D eigenvalue weighted by Gasteiger charge is -2.27. The third kappa shape index (κ3) is 2.24. The summed E-state index contributed by atoms with van der Waals surface area (Å²) in [5.74, 6) is -2.79. The van der Waals surface area contributed by atoms with Crippen molar-refractivity contribution in [2.24, 2.45) is 0 Å². The van der Waals surface area contributed by atoms with Gasteiger partial charge in [-0.1, -0.05) is 0 Å². The van der Waals surface area contributed by atoms with E-state index in [0.717, 1.165) is 12.1 Å². The molecule has 2 rings (SSSR count). The summed E-state index contributed by atoms with van der Waals surface area (Å²) in [6.07, 6.45) is 0. The largest absolute Gasteiger partial charge is 0.503 e. The molecule has 1 aromatic rings. The molecule has 1 fully saturated rings. The van der Waals surface area contributed by atoms with Crippen molar-refractivity contribution in [3.05, 3.63) is 29.3 Å². The van der Waals surface area contributed by atoms with E-state index in [2.05, 4.69) is 5.32 Å². The highest BCUT2D eigenvalue weighted by Gasteiger charge is 2.17. The van der Waals surface area contributed by atoms with Crippen LogP contribution in [0.4, 0.5) is 8.78 Å². The molecule has 15 heavy (non-hydrogen) atoms. The third-order valence-electron chi connectivity index (χ3n) is 2.31. The summed E-state index contributed by atoms with van der Waals surface area (Å²) in [7, 11) is 0. The molecule has 0 radical (unpaired) electrons. The molecule has 1 aliphatic heterocycles. The number of nitrogens with one attached hydrogen (secondary N) is 1. The van der Waals surface area contributed by atoms with Gasteiger partial charge in [0.15, 0.2) is 17.4 Å². The van der Waals surface area contributed by atoms with E-state index in [0.29, 0.717) is 25.3 Å². The van der Waals surface area contributed by atoms with Gasteiger partial charge in [-0.2, -0.15) is 0 Å². The minimum atomic E-state index is -0.934. The third-order valence-corrected chi connectivity index (χ3v) is 2.31. The Bertz CT molecular complexity index is 343. The summed E-state index contributed by atoms with van der Waals surface area (Å²) in [6, 6.07) is 2.49. The minimum Gasteiger partial charge on any atom is -0.503 e. The van der Waals surface area contributed by atoms with Gasteiger partial charge in [0.05, 0.1) is 19.3 Å². The van der Waals surface area contributed by atoms with Crippen molar-refractivity contribution in [2.75, 3.05) is 13.2 Å². The van der Waals surface area contributed by atoms with Crippen LogP contribution in [0.25, 0.3) is 0 Å². The van der Waals surface area contributed by atoms with Gasteiger partial charge in [-0.15, -0.1) is 0 Å². The van der Waals surface area contributed by atoms with Crippen LogP contribution in [-0.2, 0) is 11.3 Å². The number of rotatable bonds is 3. The maximum Gasteiger partial charge on any atom is 0.187 e. The molecular weight excluding hydrogens is 204 g/mol. The molecule has 82 valence electrons. The van der Waals surface area contributed by atoms with Gasteiger partial charge in [0, 0.05) is 6.54 Å². The van der Waals surface area contributed by atoms with Crippen LogP contribution in [0.3, 0.4) is 0 Å². The lowest BCUT2D eigenvalue weighted by atomic mass is 10.1. The van der Waals surface area contributed by atoms with Crippen LogP contribution in [0.5, 0.6) is 5.75 Å². The molecule has 1 aromatic carbocycles. The SMILES string of the molecule is Oc1c(F)cc(CNC2COC2)cc1F. The molecule has 0 aromatic heterocycles. The second kappa shape index (κ2) is 4.12. The maximum absolute atomic E-state index is 12.9. The predicted octanol–water partition coefficient (Wildman–Crippen LogP) is 1.16. The zero-order chi connectivity index (χ0) is 10.8. The van der Waals surface area contributed by atoms with E-state index in [1.54, 1.807) is 0 Å². The van der Waals surface area contributed by atoms with E-state index in [1.165, 1.54) is 0 Å². The van der Waals surface area contributed by atoms with Crippen molar-refractivity contribution in [3.8, 4) is 5.75 Å². The van der Waals surface area contributed by atoms with Crippen molar-refractivity contribution >= 4 is 0 Å². The Morgan fingerprint density at radius 3 is 2.40 bits per heavy atom. The fourth-order valence-corrected chi connectivity index (χ4v) is 1.34. The van der Waals surface area contributed by atoms with E-state index in [9.17, 15) is 8.78 Å². The summed E-state index contributed by atoms with van der Waals surface area (Å²) in [6.45, 7) is 1.62. The van der Waals surface area contributed by atoms with Gasteiger partial charge in [-0.25, -0.2) is 8.78 Å². The van der Waals surface area contributed by atoms with Crippen LogP contribution >= 0.6 is 0 Å². The number of phenolic OH excluding ortho intramolecular Hbond substituents is 1. The first-order valence-electron chi connectivity index (χ1n) is 4.65. The van der Waals surface area contributed by atoms with E-state index in [1.807, 2.05) is 0 Å². The number of benzene rings is 1. The predicted molar refractivity (Wildman–Crippen MR) is 49.5 cm³/mol. The highest BCUT2D eigenvalue weighted by atomic mass is 19.1. The molecule has 0 unspecified atom stereocenters. The fraction of sp³-hybridized carbons (Fsp3) is 0.400. The highest BCUT2D eigenvalue weighted by Crippen LogP contribution is 2.21. The fourth-order valence-electron chi connectivity index (χ4n) is 1.34. The molecule has 0 aliphatic carbocycles. The lowest BCUT2D eigenvalue weighted by Crippen LogP contribution is -2.45. The normalized spacial score (nSPS) is 16.4. The molecule has 1 saturated heterocycles. The van der Waals surface area contributed by atoms with Crippen molar-refractivity contribution in [1.29, 1.82) is 0 Å². The first kappa shape index (κ1) is 10.3. The molecule has 5 heteroatoms. The Labute approximate surface area is 85.7 Å². The molecule has 1 heterocycles. The number of ether oxygens (including phenoxy) is 1. The number of phenols is 1. The Morgan fingerprint density at radius 1 is 1.33 bits per heavy atom. The van der Waals surface area contributed by atoms with E-state index in [-0.39, 0.29) is 6.04 Å². The van der Waals surface area contributed by atoms with Gasteiger partial charge >= 0.3 is 0 Å². The lowest BCUT2D eigenvalue weighted by molar-refractivity contribution is -0.00580. The maximum atomic E-state index is 12.9. The van der Waals surface area contributed by atoms with Crippen molar-refractivity contribution < 1.29 is 18.6 Å². The van der Waals surface area contributed by atoms with Crippen LogP contribution < -0.4 is 5.32 Å². The van der Waals surface area contributed by atoms with E-state index < -0.39 is 17.4 Å². The summed E-state index contributed by atoms with van der Waals surface area (Å²) in [4.78, 5) is 0. The van der Waals surface area contributed by atoms with Gasteiger partial charge < -0.3 is 15.2 Å².